The van der Waals surface area contributed by atoms with Crippen molar-refractivity contribution in [3.05, 3.63) is 17.0 Å². The van der Waals surface area contributed by atoms with Crippen LogP contribution in [0.3, 0.4) is 0 Å². The highest BCUT2D eigenvalue weighted by atomic mass is 32.2. The Morgan fingerprint density at radius 1 is 1.37 bits per heavy atom. The lowest BCUT2D eigenvalue weighted by Crippen LogP contribution is -2.36. The zero-order valence-corrected chi connectivity index (χ0v) is 12.1. The topological polar surface area (TPSA) is 89.5 Å². The van der Waals surface area contributed by atoms with Crippen LogP contribution >= 0.6 is 11.3 Å². The molecule has 1 aliphatic carbocycles. The summed E-state index contributed by atoms with van der Waals surface area (Å²) in [5, 5.41) is 2.97. The van der Waals surface area contributed by atoms with Crippen molar-refractivity contribution >= 4 is 38.1 Å². The van der Waals surface area contributed by atoms with Crippen molar-refractivity contribution in [2.45, 2.75) is 17.6 Å². The highest BCUT2D eigenvalue weighted by Crippen LogP contribution is 2.44. The number of esters is 1. The second kappa shape index (κ2) is 4.61. The van der Waals surface area contributed by atoms with Crippen molar-refractivity contribution in [3.8, 4) is 0 Å². The van der Waals surface area contributed by atoms with Crippen LogP contribution in [0.4, 0.5) is 5.00 Å². The molecule has 1 heterocycles. The van der Waals surface area contributed by atoms with E-state index in [1.54, 1.807) is 6.07 Å². The van der Waals surface area contributed by atoms with E-state index < -0.39 is 26.5 Å². The zero-order valence-electron chi connectivity index (χ0n) is 10.4. The fourth-order valence-electron chi connectivity index (χ4n) is 1.72. The Kier molecular flexibility index (Phi) is 3.40. The Hall–Kier alpha value is -1.41. The number of anilines is 1. The maximum Gasteiger partial charge on any atom is 0.348 e. The van der Waals surface area contributed by atoms with Crippen molar-refractivity contribution in [1.82, 2.24) is 0 Å². The highest BCUT2D eigenvalue weighted by molar-refractivity contribution is 7.93. The molecule has 0 aromatic carbocycles. The number of methoxy groups -OCH3 is 1. The lowest BCUT2D eigenvalue weighted by Gasteiger charge is -2.11. The summed E-state index contributed by atoms with van der Waals surface area (Å²) in [5.74, 6) is -1.02. The van der Waals surface area contributed by atoms with E-state index in [1.165, 1.54) is 13.2 Å². The van der Waals surface area contributed by atoms with Gasteiger partial charge >= 0.3 is 5.97 Å². The molecule has 1 aromatic rings. The third-order valence-corrected chi connectivity index (χ3v) is 6.05. The first-order chi connectivity index (χ1) is 8.80. The van der Waals surface area contributed by atoms with Gasteiger partial charge in [0, 0.05) is 6.26 Å². The lowest BCUT2D eigenvalue weighted by atomic mass is 10.4. The first-order valence-electron chi connectivity index (χ1n) is 5.49. The van der Waals surface area contributed by atoms with Gasteiger partial charge in [-0.15, -0.1) is 11.3 Å². The molecule has 6 nitrogen and oxygen atoms in total. The van der Waals surface area contributed by atoms with Crippen LogP contribution in [0.15, 0.2) is 12.1 Å². The normalized spacial score (nSPS) is 16.7. The SMILES string of the molecule is COC(=O)c1ccc(NC(=O)C2(S(C)(=O)=O)CC2)s1. The number of amides is 1. The van der Waals surface area contributed by atoms with Crippen LogP contribution in [-0.4, -0.2) is 38.4 Å². The monoisotopic (exact) mass is 303 g/mol. The van der Waals surface area contributed by atoms with E-state index in [-0.39, 0.29) is 0 Å². The van der Waals surface area contributed by atoms with E-state index >= 15 is 0 Å². The molecular weight excluding hydrogens is 290 g/mol. The summed E-state index contributed by atoms with van der Waals surface area (Å²) in [6.07, 6.45) is 1.74. The number of hydrogen-bond donors (Lipinski definition) is 1. The Morgan fingerprint density at radius 3 is 2.47 bits per heavy atom. The Bertz CT molecular complexity index is 627. The van der Waals surface area contributed by atoms with Crippen LogP contribution < -0.4 is 5.32 Å². The van der Waals surface area contributed by atoms with Crippen molar-refractivity contribution in [3.63, 3.8) is 0 Å². The molecule has 104 valence electrons. The van der Waals surface area contributed by atoms with E-state index in [2.05, 4.69) is 10.1 Å². The van der Waals surface area contributed by atoms with Gasteiger partial charge in [-0.3, -0.25) is 4.79 Å². The quantitative estimate of drug-likeness (QED) is 0.840. The standard InChI is InChI=1S/C11H13NO5S2/c1-17-9(13)7-3-4-8(18-7)12-10(14)11(5-6-11)19(2,15)16/h3-4H,5-6H2,1-2H3,(H,12,14). The van der Waals surface area contributed by atoms with Crippen LogP contribution in [0.5, 0.6) is 0 Å². The molecule has 1 saturated carbocycles. The minimum absolute atomic E-state index is 0.340. The number of thiophene rings is 1. The molecule has 0 bridgehead atoms. The van der Waals surface area contributed by atoms with Gasteiger partial charge in [-0.2, -0.15) is 0 Å². The Morgan fingerprint density at radius 2 is 2.00 bits per heavy atom. The van der Waals surface area contributed by atoms with Crippen molar-refractivity contribution in [1.29, 1.82) is 0 Å². The molecule has 0 unspecified atom stereocenters. The van der Waals surface area contributed by atoms with Gasteiger partial charge in [0.05, 0.1) is 12.1 Å². The van der Waals surface area contributed by atoms with Gasteiger partial charge in [0.2, 0.25) is 5.91 Å². The van der Waals surface area contributed by atoms with Gasteiger partial charge in [-0.25, -0.2) is 13.2 Å². The van der Waals surface area contributed by atoms with Gasteiger partial charge in [-0.1, -0.05) is 0 Å². The molecule has 0 spiro atoms. The van der Waals surface area contributed by atoms with Crippen molar-refractivity contribution in [2.75, 3.05) is 18.7 Å². The lowest BCUT2D eigenvalue weighted by molar-refractivity contribution is -0.116. The number of sulfone groups is 1. The summed E-state index contributed by atoms with van der Waals surface area (Å²) in [6.45, 7) is 0. The number of ether oxygens (including phenoxy) is 1. The number of nitrogens with one attached hydrogen (secondary N) is 1. The number of hydrogen-bond acceptors (Lipinski definition) is 6. The molecule has 1 aliphatic rings. The molecule has 1 aromatic heterocycles. The largest absolute Gasteiger partial charge is 0.465 e. The van der Waals surface area contributed by atoms with Crippen LogP contribution in [-0.2, 0) is 19.4 Å². The molecule has 0 radical (unpaired) electrons. The number of rotatable bonds is 4. The van der Waals surface area contributed by atoms with Crippen LogP contribution in [0.25, 0.3) is 0 Å². The summed E-state index contributed by atoms with van der Waals surface area (Å²) >= 11 is 1.05. The molecule has 1 amide bonds. The summed E-state index contributed by atoms with van der Waals surface area (Å²) in [4.78, 5) is 23.6. The molecule has 0 atom stereocenters. The Balaban J connectivity index is 2.13. The van der Waals surface area contributed by atoms with Gasteiger partial charge in [0.15, 0.2) is 14.6 Å². The van der Waals surface area contributed by atoms with E-state index in [0.29, 0.717) is 22.7 Å². The fraction of sp³-hybridized carbons (Fsp3) is 0.455. The van der Waals surface area contributed by atoms with E-state index in [9.17, 15) is 18.0 Å². The maximum atomic E-state index is 12.0. The van der Waals surface area contributed by atoms with E-state index in [0.717, 1.165) is 17.6 Å². The molecule has 19 heavy (non-hydrogen) atoms. The van der Waals surface area contributed by atoms with Gasteiger partial charge in [-0.05, 0) is 25.0 Å². The molecule has 2 rings (SSSR count). The molecule has 1 fully saturated rings. The zero-order chi connectivity index (χ0) is 14.3. The smallest absolute Gasteiger partial charge is 0.348 e. The minimum atomic E-state index is -3.42. The van der Waals surface area contributed by atoms with Crippen LogP contribution in [0, 0.1) is 0 Å². The summed E-state index contributed by atoms with van der Waals surface area (Å²) in [6, 6.07) is 3.07. The van der Waals surface area contributed by atoms with Gasteiger partial charge < -0.3 is 10.1 Å². The fourth-order valence-corrected chi connectivity index (χ4v) is 3.77. The third-order valence-electron chi connectivity index (χ3n) is 3.06. The first-order valence-corrected chi connectivity index (χ1v) is 8.20. The molecule has 0 saturated heterocycles. The summed E-state index contributed by atoms with van der Waals surface area (Å²) < 4.78 is 26.4. The maximum absolute atomic E-state index is 12.0. The second-order valence-corrected chi connectivity index (χ2v) is 7.79. The molecular formula is C11H13NO5S2. The molecule has 0 aliphatic heterocycles. The highest BCUT2D eigenvalue weighted by Gasteiger charge is 2.58. The second-order valence-electron chi connectivity index (χ2n) is 4.38. The van der Waals surface area contributed by atoms with Gasteiger partial charge in [0.1, 0.15) is 4.88 Å². The molecule has 8 heteroatoms. The minimum Gasteiger partial charge on any atom is -0.465 e. The Labute approximate surface area is 114 Å². The summed E-state index contributed by atoms with van der Waals surface area (Å²) in [7, 11) is -2.16. The van der Waals surface area contributed by atoms with Crippen LogP contribution in [0.1, 0.15) is 22.5 Å². The molecule has 1 N–H and O–H groups in total. The van der Waals surface area contributed by atoms with Crippen molar-refractivity contribution < 1.29 is 22.7 Å². The average molecular weight is 303 g/mol. The van der Waals surface area contributed by atoms with Gasteiger partial charge in [0.25, 0.3) is 0 Å². The average Bonchev–Trinajstić information content (AvgIpc) is 3.04. The third kappa shape index (κ3) is 2.50. The van der Waals surface area contributed by atoms with Crippen LogP contribution in [0.2, 0.25) is 0 Å². The van der Waals surface area contributed by atoms with E-state index in [1.807, 2.05) is 0 Å². The predicted molar refractivity (Wildman–Crippen MR) is 71.1 cm³/mol. The summed E-state index contributed by atoms with van der Waals surface area (Å²) in [5.41, 5.74) is 0. The van der Waals surface area contributed by atoms with E-state index in [4.69, 9.17) is 0 Å². The number of carbonyl (C=O) groups excluding carboxylic acids is 2. The first kappa shape index (κ1) is 14.0. The predicted octanol–water partition coefficient (Wildman–Crippen LogP) is 1.05. The van der Waals surface area contributed by atoms with Crippen molar-refractivity contribution in [2.24, 2.45) is 0 Å². The number of carbonyl (C=O) groups is 2.